The van der Waals surface area contributed by atoms with E-state index >= 15 is 0 Å². The van der Waals surface area contributed by atoms with E-state index in [1.165, 1.54) is 103 Å². The molecule has 35 heavy (non-hydrogen) atoms. The van der Waals surface area contributed by atoms with Gasteiger partial charge in [-0.25, -0.2) is 0 Å². The number of allylic oxidation sites excluding steroid dienone is 2. The summed E-state index contributed by atoms with van der Waals surface area (Å²) in [6, 6.07) is 0. The van der Waals surface area contributed by atoms with Gasteiger partial charge >= 0.3 is 5.97 Å². The van der Waals surface area contributed by atoms with Crippen LogP contribution in [0.2, 0.25) is 0 Å². The predicted octanol–water partition coefficient (Wildman–Crippen LogP) is 9.09. The summed E-state index contributed by atoms with van der Waals surface area (Å²) in [4.78, 5) is 11.8. The van der Waals surface area contributed by atoms with Crippen LogP contribution in [0.15, 0.2) is 12.2 Å². The lowest BCUT2D eigenvalue weighted by atomic mass is 10.1. The van der Waals surface area contributed by atoms with E-state index in [1.54, 1.807) is 0 Å². The highest BCUT2D eigenvalue weighted by Gasteiger charge is 2.13. The number of ether oxygens (including phenoxy) is 2. The predicted molar refractivity (Wildman–Crippen MR) is 150 cm³/mol. The molecule has 0 saturated heterocycles. The Morgan fingerprint density at radius 3 is 1.63 bits per heavy atom. The second kappa shape index (κ2) is 29.4. The molecule has 208 valence electrons. The van der Waals surface area contributed by atoms with Crippen LogP contribution in [0.25, 0.3) is 0 Å². The SMILES string of the molecule is CCCCCCCCC/C=C\CCCCCCCCCCOCC(CO)OC(=O)CCCCCC. The molecule has 0 spiro atoms. The van der Waals surface area contributed by atoms with E-state index in [2.05, 4.69) is 26.0 Å². The summed E-state index contributed by atoms with van der Waals surface area (Å²) in [6.45, 7) is 5.23. The highest BCUT2D eigenvalue weighted by Crippen LogP contribution is 2.12. The van der Waals surface area contributed by atoms with Crippen molar-refractivity contribution in [3.05, 3.63) is 12.2 Å². The number of carbonyl (C=O) groups is 1. The lowest BCUT2D eigenvalue weighted by molar-refractivity contribution is -0.154. The number of hydrogen-bond donors (Lipinski definition) is 1. The van der Waals surface area contributed by atoms with Gasteiger partial charge in [0.1, 0.15) is 6.10 Å². The van der Waals surface area contributed by atoms with Crippen molar-refractivity contribution in [1.82, 2.24) is 0 Å². The third-order valence-corrected chi connectivity index (χ3v) is 6.59. The first-order valence-corrected chi connectivity index (χ1v) is 15.3. The van der Waals surface area contributed by atoms with Crippen LogP contribution in [0.5, 0.6) is 0 Å². The molecule has 4 heteroatoms. The van der Waals surface area contributed by atoms with Crippen molar-refractivity contribution in [2.24, 2.45) is 0 Å². The number of aliphatic hydroxyl groups excluding tert-OH is 1. The van der Waals surface area contributed by atoms with Gasteiger partial charge in [0.05, 0.1) is 13.2 Å². The first-order valence-electron chi connectivity index (χ1n) is 15.3. The zero-order chi connectivity index (χ0) is 25.7. The molecule has 0 amide bonds. The molecule has 0 aliphatic rings. The van der Waals surface area contributed by atoms with Crippen LogP contribution in [0, 0.1) is 0 Å². The minimum atomic E-state index is -0.524. The Morgan fingerprint density at radius 1 is 0.657 bits per heavy atom. The first-order chi connectivity index (χ1) is 17.2. The van der Waals surface area contributed by atoms with Crippen molar-refractivity contribution < 1.29 is 19.4 Å². The zero-order valence-electron chi connectivity index (χ0n) is 23.6. The molecule has 0 saturated carbocycles. The van der Waals surface area contributed by atoms with Crippen molar-refractivity contribution in [3.8, 4) is 0 Å². The van der Waals surface area contributed by atoms with Crippen LogP contribution in [0.4, 0.5) is 0 Å². The van der Waals surface area contributed by atoms with Gasteiger partial charge in [0.2, 0.25) is 0 Å². The maximum absolute atomic E-state index is 11.8. The fourth-order valence-corrected chi connectivity index (χ4v) is 4.26. The van der Waals surface area contributed by atoms with Gasteiger partial charge < -0.3 is 14.6 Å². The van der Waals surface area contributed by atoms with Crippen molar-refractivity contribution >= 4 is 5.97 Å². The normalized spacial score (nSPS) is 12.4. The van der Waals surface area contributed by atoms with E-state index in [9.17, 15) is 9.90 Å². The van der Waals surface area contributed by atoms with Gasteiger partial charge in [0.15, 0.2) is 0 Å². The van der Waals surface area contributed by atoms with Crippen LogP contribution >= 0.6 is 0 Å². The number of carbonyl (C=O) groups excluding carboxylic acids is 1. The van der Waals surface area contributed by atoms with Crippen molar-refractivity contribution in [1.29, 1.82) is 0 Å². The molecular formula is C31H60O4. The Hall–Kier alpha value is -0.870. The van der Waals surface area contributed by atoms with Gasteiger partial charge in [-0.05, 0) is 38.5 Å². The lowest BCUT2D eigenvalue weighted by Gasteiger charge is -2.15. The maximum atomic E-state index is 11.8. The fourth-order valence-electron chi connectivity index (χ4n) is 4.26. The summed E-state index contributed by atoms with van der Waals surface area (Å²) >= 11 is 0. The monoisotopic (exact) mass is 496 g/mol. The summed E-state index contributed by atoms with van der Waals surface area (Å²) < 4.78 is 10.9. The van der Waals surface area contributed by atoms with E-state index in [0.29, 0.717) is 19.6 Å². The van der Waals surface area contributed by atoms with Gasteiger partial charge in [-0.1, -0.05) is 122 Å². The molecule has 1 atom stereocenters. The minimum Gasteiger partial charge on any atom is -0.457 e. The second-order valence-electron chi connectivity index (χ2n) is 10.2. The van der Waals surface area contributed by atoms with Gasteiger partial charge in [0.25, 0.3) is 0 Å². The van der Waals surface area contributed by atoms with Crippen LogP contribution in [0.1, 0.15) is 155 Å². The molecule has 0 aromatic heterocycles. The Bertz CT molecular complexity index is 449. The van der Waals surface area contributed by atoms with E-state index in [4.69, 9.17) is 9.47 Å². The average molecular weight is 497 g/mol. The molecular weight excluding hydrogens is 436 g/mol. The summed E-state index contributed by atoms with van der Waals surface area (Å²) in [5.41, 5.74) is 0. The Balaban J connectivity index is 3.33. The largest absolute Gasteiger partial charge is 0.457 e. The molecule has 0 aromatic carbocycles. The van der Waals surface area contributed by atoms with Gasteiger partial charge in [-0.2, -0.15) is 0 Å². The molecule has 1 N–H and O–H groups in total. The molecule has 0 aliphatic carbocycles. The van der Waals surface area contributed by atoms with Crippen LogP contribution < -0.4 is 0 Å². The molecule has 0 heterocycles. The Morgan fingerprint density at radius 2 is 1.11 bits per heavy atom. The molecule has 0 rings (SSSR count). The van der Waals surface area contributed by atoms with Gasteiger partial charge in [-0.3, -0.25) is 4.79 Å². The quantitative estimate of drug-likeness (QED) is 0.0666. The number of rotatable bonds is 28. The number of unbranched alkanes of at least 4 members (excludes halogenated alkanes) is 18. The Kier molecular flexibility index (Phi) is 28.6. The maximum Gasteiger partial charge on any atom is 0.306 e. The number of aliphatic hydroxyl groups is 1. The summed E-state index contributed by atoms with van der Waals surface area (Å²) in [5.74, 6) is -0.219. The summed E-state index contributed by atoms with van der Waals surface area (Å²) in [7, 11) is 0. The highest BCUT2D eigenvalue weighted by molar-refractivity contribution is 5.69. The number of esters is 1. The molecule has 0 bridgehead atoms. The molecule has 0 radical (unpaired) electrons. The van der Waals surface area contributed by atoms with Gasteiger partial charge in [0, 0.05) is 13.0 Å². The summed E-state index contributed by atoms with van der Waals surface area (Å²) in [5, 5.41) is 9.39. The zero-order valence-corrected chi connectivity index (χ0v) is 23.6. The van der Waals surface area contributed by atoms with Crippen molar-refractivity contribution in [3.63, 3.8) is 0 Å². The molecule has 1 unspecified atom stereocenters. The van der Waals surface area contributed by atoms with E-state index in [1.807, 2.05) is 0 Å². The molecule has 0 aromatic rings. The van der Waals surface area contributed by atoms with Crippen molar-refractivity contribution in [2.75, 3.05) is 19.8 Å². The second-order valence-corrected chi connectivity index (χ2v) is 10.2. The topological polar surface area (TPSA) is 55.8 Å². The minimum absolute atomic E-state index is 0.171. The third-order valence-electron chi connectivity index (χ3n) is 6.59. The standard InChI is InChI=1S/C31H60O4/c1-3-5-7-9-10-11-12-13-14-15-16-17-18-19-20-21-22-23-25-27-34-29-30(28-32)35-31(33)26-24-8-6-4-2/h14-15,30,32H,3-13,16-29H2,1-2H3/b15-14-. The number of hydrogen-bond acceptors (Lipinski definition) is 4. The molecule has 0 fully saturated rings. The van der Waals surface area contributed by atoms with Crippen LogP contribution in [-0.2, 0) is 14.3 Å². The highest BCUT2D eigenvalue weighted by atomic mass is 16.6. The van der Waals surface area contributed by atoms with Gasteiger partial charge in [-0.15, -0.1) is 0 Å². The smallest absolute Gasteiger partial charge is 0.306 e. The average Bonchev–Trinajstić information content (AvgIpc) is 2.86. The van der Waals surface area contributed by atoms with Crippen molar-refractivity contribution in [2.45, 2.75) is 161 Å². The third kappa shape index (κ3) is 27.6. The first kappa shape index (κ1) is 34.1. The lowest BCUT2D eigenvalue weighted by Crippen LogP contribution is -2.27. The Labute approximate surface area is 218 Å². The van der Waals surface area contributed by atoms with E-state index in [-0.39, 0.29) is 12.6 Å². The van der Waals surface area contributed by atoms with Crippen LogP contribution in [-0.4, -0.2) is 37.0 Å². The summed E-state index contributed by atoms with van der Waals surface area (Å²) in [6.07, 6.45) is 31.4. The fraction of sp³-hybridized carbons (Fsp3) is 0.903. The van der Waals surface area contributed by atoms with Crippen LogP contribution in [0.3, 0.4) is 0 Å². The molecule has 4 nitrogen and oxygen atoms in total. The molecule has 0 aliphatic heterocycles. The van der Waals surface area contributed by atoms with E-state index in [0.717, 1.165) is 32.1 Å². The van der Waals surface area contributed by atoms with E-state index < -0.39 is 6.10 Å².